The van der Waals surface area contributed by atoms with Crippen LogP contribution in [0.1, 0.15) is 53.9 Å². The SMILES string of the molecule is C=C/C=C(N=C(CCCC)N(C=O)CC)\C(C)=C/C.CC1CNCCN(C)C1. The van der Waals surface area contributed by atoms with Crippen LogP contribution in [0, 0.1) is 5.92 Å². The van der Waals surface area contributed by atoms with Gasteiger partial charge in [-0.3, -0.25) is 4.79 Å². The maximum Gasteiger partial charge on any atom is 0.215 e. The van der Waals surface area contributed by atoms with Crippen LogP contribution in [0.5, 0.6) is 0 Å². The van der Waals surface area contributed by atoms with Crippen LogP contribution in [0.2, 0.25) is 0 Å². The summed E-state index contributed by atoms with van der Waals surface area (Å²) in [5.74, 6) is 1.64. The molecule has 0 aromatic rings. The number of amidine groups is 1. The molecule has 5 heteroatoms. The Morgan fingerprint density at radius 1 is 1.39 bits per heavy atom. The lowest BCUT2D eigenvalue weighted by molar-refractivity contribution is -0.114. The zero-order valence-electron chi connectivity index (χ0n) is 19.0. The van der Waals surface area contributed by atoms with Crippen molar-refractivity contribution in [3.8, 4) is 0 Å². The summed E-state index contributed by atoms with van der Waals surface area (Å²) < 4.78 is 0. The van der Waals surface area contributed by atoms with Gasteiger partial charge in [0.25, 0.3) is 0 Å². The number of nitrogens with one attached hydrogen (secondary N) is 1. The molecule has 1 atom stereocenters. The van der Waals surface area contributed by atoms with E-state index in [1.165, 1.54) is 19.6 Å². The van der Waals surface area contributed by atoms with Gasteiger partial charge in [0.15, 0.2) is 0 Å². The molecule has 160 valence electrons. The van der Waals surface area contributed by atoms with Crippen molar-refractivity contribution in [3.05, 3.63) is 36.1 Å². The summed E-state index contributed by atoms with van der Waals surface area (Å²) >= 11 is 0. The van der Waals surface area contributed by atoms with Gasteiger partial charge in [-0.15, -0.1) is 0 Å². The van der Waals surface area contributed by atoms with Crippen LogP contribution in [0.25, 0.3) is 0 Å². The molecule has 1 aliphatic heterocycles. The maximum absolute atomic E-state index is 11.1. The van der Waals surface area contributed by atoms with E-state index in [4.69, 9.17) is 0 Å². The predicted octanol–water partition coefficient (Wildman–Crippen LogP) is 4.25. The van der Waals surface area contributed by atoms with Crippen molar-refractivity contribution in [2.24, 2.45) is 10.9 Å². The van der Waals surface area contributed by atoms with Gasteiger partial charge in [-0.2, -0.15) is 0 Å². The number of nitrogens with zero attached hydrogens (tertiary/aromatic N) is 3. The van der Waals surface area contributed by atoms with Gasteiger partial charge in [-0.25, -0.2) is 4.99 Å². The second-order valence-electron chi connectivity index (χ2n) is 7.35. The first-order valence-electron chi connectivity index (χ1n) is 10.6. The average Bonchev–Trinajstić information content (AvgIpc) is 2.88. The van der Waals surface area contributed by atoms with Crippen molar-refractivity contribution < 1.29 is 4.79 Å². The number of carbonyl (C=O) groups excluding carboxylic acids is 1. The molecule has 0 aromatic heterocycles. The van der Waals surface area contributed by atoms with Crippen LogP contribution in [0.15, 0.2) is 41.1 Å². The molecule has 1 unspecified atom stereocenters. The summed E-state index contributed by atoms with van der Waals surface area (Å²) in [6, 6.07) is 0. The first-order valence-corrected chi connectivity index (χ1v) is 10.6. The van der Waals surface area contributed by atoms with Crippen LogP contribution in [-0.4, -0.2) is 61.8 Å². The number of allylic oxidation sites excluding steroid dienone is 4. The fourth-order valence-electron chi connectivity index (χ4n) is 2.88. The van der Waals surface area contributed by atoms with Crippen molar-refractivity contribution in [3.63, 3.8) is 0 Å². The standard InChI is InChI=1S/C16H26N2O.C7H16N2/c1-6-10-12-16(18(9-4)13-19)17-15(11-7-2)14(5)8-3;1-7-5-8-3-4-9(2)6-7/h7-8,11,13H,2,6,9-10,12H2,1,3-5H3;7-8H,3-6H2,1-2H3/b14-8-,15-11+,17-16?;. The second-order valence-corrected chi connectivity index (χ2v) is 7.35. The van der Waals surface area contributed by atoms with Gasteiger partial charge >= 0.3 is 0 Å². The summed E-state index contributed by atoms with van der Waals surface area (Å²) in [5, 5.41) is 3.39. The van der Waals surface area contributed by atoms with E-state index in [1.807, 2.05) is 32.9 Å². The number of carbonyl (C=O) groups is 1. The first-order chi connectivity index (χ1) is 13.4. The summed E-state index contributed by atoms with van der Waals surface area (Å²) in [5.41, 5.74) is 1.94. The summed E-state index contributed by atoms with van der Waals surface area (Å²) in [6.07, 6.45) is 9.38. The van der Waals surface area contributed by atoms with E-state index in [1.54, 1.807) is 11.0 Å². The van der Waals surface area contributed by atoms with E-state index in [2.05, 4.69) is 42.7 Å². The minimum atomic E-state index is 0.641. The quantitative estimate of drug-likeness (QED) is 0.292. The fraction of sp³-hybridized carbons (Fsp3) is 0.652. The van der Waals surface area contributed by atoms with Crippen molar-refractivity contribution in [2.45, 2.75) is 53.9 Å². The van der Waals surface area contributed by atoms with Gasteiger partial charge in [0.05, 0.1) is 5.70 Å². The Morgan fingerprint density at radius 2 is 2.11 bits per heavy atom. The minimum absolute atomic E-state index is 0.641. The highest BCUT2D eigenvalue weighted by molar-refractivity contribution is 5.91. The van der Waals surface area contributed by atoms with Crippen LogP contribution in [0.3, 0.4) is 0 Å². The Bertz CT molecular complexity index is 527. The van der Waals surface area contributed by atoms with E-state index in [0.717, 1.165) is 55.2 Å². The van der Waals surface area contributed by atoms with Crippen molar-refractivity contribution >= 4 is 12.2 Å². The Morgan fingerprint density at radius 3 is 2.64 bits per heavy atom. The number of hydrogen-bond donors (Lipinski definition) is 1. The lowest BCUT2D eigenvalue weighted by atomic mass is 10.2. The van der Waals surface area contributed by atoms with Crippen molar-refractivity contribution in [2.75, 3.05) is 39.8 Å². The third-order valence-electron chi connectivity index (χ3n) is 4.70. The summed E-state index contributed by atoms with van der Waals surface area (Å²) in [4.78, 5) is 19.8. The molecule has 1 heterocycles. The minimum Gasteiger partial charge on any atom is -0.315 e. The molecule has 0 saturated carbocycles. The Kier molecular flexibility index (Phi) is 15.3. The third kappa shape index (κ3) is 11.2. The van der Waals surface area contributed by atoms with Gasteiger partial charge in [-0.1, -0.05) is 39.0 Å². The number of likely N-dealkylation sites (N-methyl/N-ethyl adjacent to an activating group) is 1. The normalized spacial score (nSPS) is 19.4. The zero-order valence-corrected chi connectivity index (χ0v) is 19.0. The monoisotopic (exact) mass is 390 g/mol. The molecule has 1 aliphatic rings. The Hall–Kier alpha value is -1.72. The fourth-order valence-corrected chi connectivity index (χ4v) is 2.88. The van der Waals surface area contributed by atoms with Crippen LogP contribution in [0.4, 0.5) is 0 Å². The average molecular weight is 391 g/mol. The number of aliphatic imine (C=N–C) groups is 1. The van der Waals surface area contributed by atoms with E-state index in [9.17, 15) is 4.79 Å². The predicted molar refractivity (Wildman–Crippen MR) is 123 cm³/mol. The van der Waals surface area contributed by atoms with Gasteiger partial charge in [0.1, 0.15) is 5.84 Å². The molecule has 1 N–H and O–H groups in total. The third-order valence-corrected chi connectivity index (χ3v) is 4.70. The second kappa shape index (κ2) is 16.3. The molecule has 1 fully saturated rings. The highest BCUT2D eigenvalue weighted by Gasteiger charge is 2.10. The zero-order chi connectivity index (χ0) is 21.4. The van der Waals surface area contributed by atoms with E-state index in [-0.39, 0.29) is 0 Å². The van der Waals surface area contributed by atoms with Crippen molar-refractivity contribution in [1.29, 1.82) is 0 Å². The summed E-state index contributed by atoms with van der Waals surface area (Å²) in [6.45, 7) is 19.5. The van der Waals surface area contributed by atoms with E-state index >= 15 is 0 Å². The van der Waals surface area contributed by atoms with Crippen LogP contribution >= 0.6 is 0 Å². The molecule has 5 nitrogen and oxygen atoms in total. The van der Waals surface area contributed by atoms with Crippen molar-refractivity contribution in [1.82, 2.24) is 15.1 Å². The lowest BCUT2D eigenvalue weighted by Crippen LogP contribution is -2.29. The first kappa shape index (κ1) is 26.3. The number of unbranched alkanes of at least 4 members (excludes halogenated alkanes) is 1. The number of amides is 1. The molecule has 1 rings (SSSR count). The van der Waals surface area contributed by atoms with Gasteiger partial charge < -0.3 is 15.1 Å². The molecule has 0 spiro atoms. The molecular formula is C23H42N4O. The topological polar surface area (TPSA) is 47.9 Å². The molecule has 0 bridgehead atoms. The van der Waals surface area contributed by atoms with E-state index < -0.39 is 0 Å². The summed E-state index contributed by atoms with van der Waals surface area (Å²) in [7, 11) is 2.18. The molecule has 0 aromatic carbocycles. The smallest absolute Gasteiger partial charge is 0.215 e. The largest absolute Gasteiger partial charge is 0.315 e. The van der Waals surface area contributed by atoms with Crippen LogP contribution < -0.4 is 5.32 Å². The van der Waals surface area contributed by atoms with Gasteiger partial charge in [0, 0.05) is 32.6 Å². The Balaban J connectivity index is 0.000000668. The van der Waals surface area contributed by atoms with Crippen LogP contribution in [-0.2, 0) is 4.79 Å². The maximum atomic E-state index is 11.1. The highest BCUT2D eigenvalue weighted by atomic mass is 16.1. The molecule has 28 heavy (non-hydrogen) atoms. The molecular weight excluding hydrogens is 348 g/mol. The highest BCUT2D eigenvalue weighted by Crippen LogP contribution is 2.14. The van der Waals surface area contributed by atoms with Gasteiger partial charge in [-0.05, 0) is 58.4 Å². The molecule has 1 amide bonds. The van der Waals surface area contributed by atoms with Gasteiger partial charge in [0.2, 0.25) is 6.41 Å². The number of hydrogen-bond acceptors (Lipinski definition) is 4. The number of rotatable bonds is 8. The lowest BCUT2D eigenvalue weighted by Gasteiger charge is -2.18. The molecule has 1 saturated heterocycles. The molecule has 0 radical (unpaired) electrons. The Labute approximate surface area is 173 Å². The molecule has 0 aliphatic carbocycles. The van der Waals surface area contributed by atoms with E-state index in [0.29, 0.717) is 6.54 Å².